The number of hydrogen-bond acceptors (Lipinski definition) is 2. The van der Waals surface area contributed by atoms with E-state index < -0.39 is 0 Å². The highest BCUT2D eigenvalue weighted by molar-refractivity contribution is 5.35. The Morgan fingerprint density at radius 1 is 1.09 bits per heavy atom. The van der Waals surface area contributed by atoms with Crippen molar-refractivity contribution in [2.24, 2.45) is 0 Å². The van der Waals surface area contributed by atoms with Crippen LogP contribution in [0.1, 0.15) is 0 Å². The Labute approximate surface area is 67.2 Å². The highest BCUT2D eigenvalue weighted by Crippen LogP contribution is 1.62. The molecule has 56 valence electrons. The van der Waals surface area contributed by atoms with Crippen LogP contribution in [-0.4, -0.2) is 30.7 Å². The Bertz CT molecular complexity index is 272. The van der Waals surface area contributed by atoms with Gasteiger partial charge in [0.2, 0.25) is 0 Å². The van der Waals surface area contributed by atoms with Crippen LogP contribution in [0, 0.1) is 35.6 Å². The lowest BCUT2D eigenvalue weighted by atomic mass is 10.5. The minimum atomic E-state index is -0.157. The van der Waals surface area contributed by atoms with E-state index in [4.69, 9.17) is 5.11 Å². The van der Waals surface area contributed by atoms with E-state index in [0.29, 0.717) is 0 Å². The Balaban J connectivity index is 3.84. The van der Waals surface area contributed by atoms with Crippen LogP contribution in [0.5, 0.6) is 0 Å². The van der Waals surface area contributed by atoms with Crippen LogP contribution >= 0.6 is 0 Å². The highest BCUT2D eigenvalue weighted by Gasteiger charge is 1.67. The van der Waals surface area contributed by atoms with E-state index in [9.17, 15) is 0 Å². The fourth-order valence-corrected chi connectivity index (χ4v) is 0.286. The molecule has 11 heavy (non-hydrogen) atoms. The standard InChI is InChI=1S/C9H9NO/c1-10(2)8-6-4-3-5-7-9-11/h11H,9H2,1-2H3. The summed E-state index contributed by atoms with van der Waals surface area (Å²) in [6.07, 6.45) is 0. The molecule has 2 heteroatoms. The van der Waals surface area contributed by atoms with Crippen LogP contribution in [0.25, 0.3) is 0 Å². The zero-order chi connectivity index (χ0) is 8.53. The third-order valence-electron chi connectivity index (χ3n) is 0.634. The number of aliphatic hydroxyl groups is 1. The molecule has 0 aliphatic rings. The smallest absolute Gasteiger partial charge is 0.105 e. The van der Waals surface area contributed by atoms with Crippen LogP contribution in [-0.2, 0) is 0 Å². The molecule has 0 atom stereocenters. The van der Waals surface area contributed by atoms with E-state index in [2.05, 4.69) is 35.6 Å². The summed E-state index contributed by atoms with van der Waals surface area (Å²) in [5, 5.41) is 8.23. The molecule has 0 aromatic rings. The van der Waals surface area contributed by atoms with Gasteiger partial charge in [-0.3, -0.25) is 0 Å². The van der Waals surface area contributed by atoms with Crippen molar-refractivity contribution in [3.8, 4) is 35.6 Å². The van der Waals surface area contributed by atoms with Crippen LogP contribution in [0.3, 0.4) is 0 Å². The quantitative estimate of drug-likeness (QED) is 0.369. The summed E-state index contributed by atoms with van der Waals surface area (Å²) in [5.74, 6) is 12.4. The number of hydrogen-bond donors (Lipinski definition) is 1. The Hall–Kier alpha value is -1.56. The first kappa shape index (κ1) is 9.44. The molecule has 0 saturated carbocycles. The molecule has 0 unspecified atom stereocenters. The van der Waals surface area contributed by atoms with Gasteiger partial charge in [-0.15, -0.1) is 0 Å². The average Bonchev–Trinajstić information content (AvgIpc) is 1.96. The third-order valence-corrected chi connectivity index (χ3v) is 0.634. The maximum atomic E-state index is 8.23. The van der Waals surface area contributed by atoms with Crippen molar-refractivity contribution >= 4 is 0 Å². The lowest BCUT2D eigenvalue weighted by Gasteiger charge is -1.94. The molecule has 0 bridgehead atoms. The van der Waals surface area contributed by atoms with Crippen LogP contribution in [0.2, 0.25) is 0 Å². The van der Waals surface area contributed by atoms with E-state index in [0.717, 1.165) is 0 Å². The van der Waals surface area contributed by atoms with Crippen molar-refractivity contribution in [2.75, 3.05) is 20.7 Å². The summed E-state index contributed by atoms with van der Waals surface area (Å²) in [6.45, 7) is -0.157. The van der Waals surface area contributed by atoms with Gasteiger partial charge >= 0.3 is 0 Å². The number of nitrogens with zero attached hydrogens (tertiary/aromatic N) is 1. The summed E-state index contributed by atoms with van der Waals surface area (Å²) in [5.41, 5.74) is 0. The van der Waals surface area contributed by atoms with Crippen molar-refractivity contribution < 1.29 is 5.11 Å². The molecule has 0 rings (SSSR count). The second-order valence-corrected chi connectivity index (χ2v) is 1.84. The molecule has 0 radical (unpaired) electrons. The average molecular weight is 147 g/mol. The summed E-state index contributed by atoms with van der Waals surface area (Å²) in [4.78, 5) is 1.70. The molecule has 0 heterocycles. The van der Waals surface area contributed by atoms with Gasteiger partial charge < -0.3 is 10.0 Å². The molecule has 1 N–H and O–H groups in total. The van der Waals surface area contributed by atoms with Crippen molar-refractivity contribution in [1.82, 2.24) is 4.90 Å². The fraction of sp³-hybridized carbons (Fsp3) is 0.333. The zero-order valence-electron chi connectivity index (χ0n) is 6.60. The van der Waals surface area contributed by atoms with Gasteiger partial charge in [0.15, 0.2) is 0 Å². The lowest BCUT2D eigenvalue weighted by Crippen LogP contribution is -2.00. The van der Waals surface area contributed by atoms with E-state index in [1.54, 1.807) is 4.90 Å². The molecule has 2 nitrogen and oxygen atoms in total. The normalized spacial score (nSPS) is 5.73. The second kappa shape index (κ2) is 6.56. The minimum Gasteiger partial charge on any atom is -0.384 e. The minimum absolute atomic E-state index is 0.157. The van der Waals surface area contributed by atoms with Crippen molar-refractivity contribution in [3.05, 3.63) is 0 Å². The van der Waals surface area contributed by atoms with Crippen LogP contribution in [0.15, 0.2) is 0 Å². The summed E-state index contributed by atoms with van der Waals surface area (Å²) < 4.78 is 0. The van der Waals surface area contributed by atoms with Crippen molar-refractivity contribution in [1.29, 1.82) is 0 Å². The highest BCUT2D eigenvalue weighted by atomic mass is 16.2. The van der Waals surface area contributed by atoms with Crippen molar-refractivity contribution in [2.45, 2.75) is 0 Å². The summed E-state index contributed by atoms with van der Waals surface area (Å²) in [7, 11) is 3.65. The van der Waals surface area contributed by atoms with Gasteiger partial charge in [0.25, 0.3) is 0 Å². The molecule has 0 aromatic heterocycles. The summed E-state index contributed by atoms with van der Waals surface area (Å²) in [6, 6.07) is 2.70. The maximum absolute atomic E-state index is 8.23. The Morgan fingerprint density at radius 2 is 1.73 bits per heavy atom. The maximum Gasteiger partial charge on any atom is 0.105 e. The van der Waals surface area contributed by atoms with Gasteiger partial charge in [-0.25, -0.2) is 0 Å². The first-order valence-corrected chi connectivity index (χ1v) is 3.04. The van der Waals surface area contributed by atoms with Gasteiger partial charge in [0.1, 0.15) is 6.61 Å². The molecule has 0 aliphatic carbocycles. The Morgan fingerprint density at radius 3 is 2.27 bits per heavy atom. The Kier molecular flexibility index (Phi) is 5.63. The number of aliphatic hydroxyl groups excluding tert-OH is 1. The molecule has 0 saturated heterocycles. The SMILES string of the molecule is CN(C)C#CC#CC#CCO. The van der Waals surface area contributed by atoms with Gasteiger partial charge in [0.05, 0.1) is 0 Å². The fourth-order valence-electron chi connectivity index (χ4n) is 0.286. The molecule has 0 amide bonds. The predicted molar refractivity (Wildman–Crippen MR) is 44.1 cm³/mol. The molecular formula is C9H9NO. The predicted octanol–water partition coefficient (Wildman–Crippen LogP) is -0.492. The largest absolute Gasteiger partial charge is 0.384 e. The molecular weight excluding hydrogens is 138 g/mol. The topological polar surface area (TPSA) is 23.5 Å². The van der Waals surface area contributed by atoms with Crippen molar-refractivity contribution in [3.63, 3.8) is 0 Å². The molecule has 0 aliphatic heterocycles. The van der Waals surface area contributed by atoms with Crippen LogP contribution < -0.4 is 0 Å². The summed E-state index contributed by atoms with van der Waals surface area (Å²) >= 11 is 0. The van der Waals surface area contributed by atoms with Gasteiger partial charge in [-0.1, -0.05) is 5.92 Å². The first-order valence-electron chi connectivity index (χ1n) is 3.04. The zero-order valence-corrected chi connectivity index (χ0v) is 6.60. The van der Waals surface area contributed by atoms with E-state index in [1.807, 2.05) is 14.1 Å². The molecule has 0 fully saturated rings. The molecule has 0 spiro atoms. The monoisotopic (exact) mass is 147 g/mol. The second-order valence-electron chi connectivity index (χ2n) is 1.84. The van der Waals surface area contributed by atoms with Crippen LogP contribution in [0.4, 0.5) is 0 Å². The van der Waals surface area contributed by atoms with Gasteiger partial charge in [0, 0.05) is 32.0 Å². The van der Waals surface area contributed by atoms with E-state index in [-0.39, 0.29) is 6.61 Å². The lowest BCUT2D eigenvalue weighted by molar-refractivity contribution is 0.350. The van der Waals surface area contributed by atoms with Gasteiger partial charge in [-0.05, 0) is 11.8 Å². The third kappa shape index (κ3) is 8.44. The molecule has 0 aromatic carbocycles. The van der Waals surface area contributed by atoms with E-state index in [1.165, 1.54) is 0 Å². The number of rotatable bonds is 0. The van der Waals surface area contributed by atoms with Gasteiger partial charge in [-0.2, -0.15) is 0 Å². The van der Waals surface area contributed by atoms with E-state index >= 15 is 0 Å². The first-order chi connectivity index (χ1) is 5.27.